The van der Waals surface area contributed by atoms with E-state index in [4.69, 9.17) is 9.84 Å². The van der Waals surface area contributed by atoms with Crippen molar-refractivity contribution in [2.45, 2.75) is 38.3 Å². The highest BCUT2D eigenvalue weighted by Crippen LogP contribution is 2.28. The number of morpholine rings is 1. The fourth-order valence-corrected chi connectivity index (χ4v) is 4.11. The van der Waals surface area contributed by atoms with Gasteiger partial charge in [0, 0.05) is 52.0 Å². The van der Waals surface area contributed by atoms with Gasteiger partial charge in [0.1, 0.15) is 0 Å². The molecule has 2 amide bonds. The first-order chi connectivity index (χ1) is 12.3. The molecule has 1 aliphatic carbocycles. The van der Waals surface area contributed by atoms with Gasteiger partial charge in [-0.3, -0.25) is 9.58 Å². The summed E-state index contributed by atoms with van der Waals surface area (Å²) in [6.07, 6.45) is 7.34. The van der Waals surface area contributed by atoms with Crippen LogP contribution in [-0.2, 0) is 11.3 Å². The zero-order chi connectivity index (χ0) is 17.1. The molecular weight excluding hydrogens is 318 g/mol. The van der Waals surface area contributed by atoms with Crippen molar-refractivity contribution < 1.29 is 9.53 Å². The Labute approximate surface area is 149 Å². The van der Waals surface area contributed by atoms with Crippen LogP contribution >= 0.6 is 0 Å². The third-order valence-electron chi connectivity index (χ3n) is 5.67. The molecule has 1 aromatic rings. The van der Waals surface area contributed by atoms with E-state index < -0.39 is 0 Å². The normalized spacial score (nSPS) is 23.4. The lowest BCUT2D eigenvalue weighted by molar-refractivity contribution is 0.0372. The van der Waals surface area contributed by atoms with E-state index in [1.807, 2.05) is 9.80 Å². The Morgan fingerprint density at radius 1 is 1.04 bits per heavy atom. The Balaban J connectivity index is 1.25. The van der Waals surface area contributed by atoms with Crippen LogP contribution in [0.5, 0.6) is 0 Å². The molecular formula is C18H29N5O2. The van der Waals surface area contributed by atoms with Crippen molar-refractivity contribution in [3.8, 4) is 0 Å². The van der Waals surface area contributed by atoms with E-state index >= 15 is 0 Å². The average Bonchev–Trinajstić information content (AvgIpc) is 3.34. The largest absolute Gasteiger partial charge is 0.378 e. The number of ether oxygens (including phenoxy) is 1. The van der Waals surface area contributed by atoms with Gasteiger partial charge >= 0.3 is 6.03 Å². The van der Waals surface area contributed by atoms with Crippen LogP contribution in [0.2, 0.25) is 0 Å². The van der Waals surface area contributed by atoms with E-state index in [2.05, 4.69) is 21.8 Å². The van der Waals surface area contributed by atoms with Crippen molar-refractivity contribution in [3.05, 3.63) is 18.0 Å². The molecule has 2 saturated heterocycles. The fraction of sp³-hybridized carbons (Fsp3) is 0.778. The maximum Gasteiger partial charge on any atom is 0.320 e. The van der Waals surface area contributed by atoms with Gasteiger partial charge in [-0.15, -0.1) is 0 Å². The summed E-state index contributed by atoms with van der Waals surface area (Å²) in [6, 6.07) is 2.94. The Hall–Kier alpha value is -1.60. The predicted molar refractivity (Wildman–Crippen MR) is 94.4 cm³/mol. The molecule has 0 aromatic carbocycles. The van der Waals surface area contributed by atoms with Crippen LogP contribution in [0.4, 0.5) is 4.79 Å². The molecule has 3 fully saturated rings. The van der Waals surface area contributed by atoms with Gasteiger partial charge in [-0.05, 0) is 18.9 Å². The third-order valence-corrected chi connectivity index (χ3v) is 5.67. The predicted octanol–water partition coefficient (Wildman–Crippen LogP) is 1.57. The molecule has 4 rings (SSSR count). The van der Waals surface area contributed by atoms with Crippen LogP contribution in [0.1, 0.15) is 37.4 Å². The van der Waals surface area contributed by atoms with E-state index in [1.54, 1.807) is 0 Å². The van der Waals surface area contributed by atoms with Crippen molar-refractivity contribution in [1.82, 2.24) is 24.5 Å². The summed E-state index contributed by atoms with van der Waals surface area (Å²) in [6.45, 7) is 7.11. The minimum Gasteiger partial charge on any atom is -0.378 e. The molecule has 1 saturated carbocycles. The maximum absolute atomic E-state index is 12.5. The number of carbonyl (C=O) groups excluding carboxylic acids is 1. The van der Waals surface area contributed by atoms with Crippen molar-refractivity contribution in [3.63, 3.8) is 0 Å². The molecule has 0 radical (unpaired) electrons. The number of hydrogen-bond donors (Lipinski definition) is 0. The number of aromatic nitrogens is 2. The maximum atomic E-state index is 12.5. The number of carbonyl (C=O) groups is 1. The molecule has 25 heavy (non-hydrogen) atoms. The second-order valence-electron chi connectivity index (χ2n) is 7.37. The lowest BCUT2D eigenvalue weighted by Crippen LogP contribution is -2.54. The van der Waals surface area contributed by atoms with Crippen molar-refractivity contribution in [2.24, 2.45) is 0 Å². The van der Waals surface area contributed by atoms with Crippen LogP contribution in [0.25, 0.3) is 0 Å². The highest BCUT2D eigenvalue weighted by molar-refractivity contribution is 5.74. The van der Waals surface area contributed by atoms with Gasteiger partial charge in [0.2, 0.25) is 0 Å². The number of rotatable bonds is 3. The summed E-state index contributed by atoms with van der Waals surface area (Å²) in [7, 11) is 0. The minimum absolute atomic E-state index is 0.175. The second kappa shape index (κ2) is 7.74. The van der Waals surface area contributed by atoms with Crippen molar-refractivity contribution in [2.75, 3.05) is 52.5 Å². The van der Waals surface area contributed by atoms with Gasteiger partial charge in [-0.1, -0.05) is 12.8 Å². The molecule has 138 valence electrons. The van der Waals surface area contributed by atoms with E-state index in [1.165, 1.54) is 25.7 Å². The van der Waals surface area contributed by atoms with Gasteiger partial charge in [0.05, 0.1) is 24.9 Å². The van der Waals surface area contributed by atoms with Crippen molar-refractivity contribution >= 4 is 6.03 Å². The number of urea groups is 1. The van der Waals surface area contributed by atoms with Gasteiger partial charge in [0.25, 0.3) is 0 Å². The molecule has 0 spiro atoms. The summed E-state index contributed by atoms with van der Waals surface area (Å²) in [5.74, 6) is 0. The summed E-state index contributed by atoms with van der Waals surface area (Å²) < 4.78 is 7.50. The first-order valence-corrected chi connectivity index (χ1v) is 9.67. The van der Waals surface area contributed by atoms with Gasteiger partial charge in [0.15, 0.2) is 0 Å². The number of piperazine rings is 1. The van der Waals surface area contributed by atoms with E-state index in [0.717, 1.165) is 51.5 Å². The Kier molecular flexibility index (Phi) is 5.22. The molecule has 0 atom stereocenters. The molecule has 7 nitrogen and oxygen atoms in total. The Morgan fingerprint density at radius 2 is 1.72 bits per heavy atom. The SMILES string of the molecule is O=C(N1CCOCC1)N1CCN(Cc2ccn(C3CCCC3)n2)CC1. The molecule has 1 aromatic heterocycles. The monoisotopic (exact) mass is 347 g/mol. The molecule has 0 unspecified atom stereocenters. The highest BCUT2D eigenvalue weighted by Gasteiger charge is 2.26. The van der Waals surface area contributed by atoms with Crippen LogP contribution in [0.3, 0.4) is 0 Å². The lowest BCUT2D eigenvalue weighted by atomic mass is 10.3. The van der Waals surface area contributed by atoms with Gasteiger partial charge in [-0.2, -0.15) is 5.10 Å². The summed E-state index contributed by atoms with van der Waals surface area (Å²) >= 11 is 0. The zero-order valence-electron chi connectivity index (χ0n) is 15.0. The second-order valence-corrected chi connectivity index (χ2v) is 7.37. The molecule has 7 heteroatoms. The van der Waals surface area contributed by atoms with Crippen LogP contribution in [0.15, 0.2) is 12.3 Å². The topological polar surface area (TPSA) is 53.8 Å². The fourth-order valence-electron chi connectivity index (χ4n) is 4.11. The summed E-state index contributed by atoms with van der Waals surface area (Å²) in [5.41, 5.74) is 1.15. The third kappa shape index (κ3) is 3.98. The van der Waals surface area contributed by atoms with Gasteiger partial charge < -0.3 is 14.5 Å². The van der Waals surface area contributed by atoms with Crippen LogP contribution in [-0.4, -0.2) is 83.0 Å². The minimum atomic E-state index is 0.175. The standard InChI is InChI=1S/C18H29N5O2/c24-18(22-11-13-25-14-12-22)21-9-7-20(8-10-21)15-16-5-6-23(19-16)17-3-1-2-4-17/h5-6,17H,1-4,7-15H2. The number of amides is 2. The first-order valence-electron chi connectivity index (χ1n) is 9.67. The Morgan fingerprint density at radius 3 is 2.44 bits per heavy atom. The number of hydrogen-bond acceptors (Lipinski definition) is 4. The average molecular weight is 347 g/mol. The molecule has 3 heterocycles. The smallest absolute Gasteiger partial charge is 0.320 e. The van der Waals surface area contributed by atoms with E-state index in [0.29, 0.717) is 19.3 Å². The molecule has 0 N–H and O–H groups in total. The molecule has 0 bridgehead atoms. The zero-order valence-corrected chi connectivity index (χ0v) is 15.0. The first kappa shape index (κ1) is 16.8. The van der Waals surface area contributed by atoms with Crippen molar-refractivity contribution in [1.29, 1.82) is 0 Å². The van der Waals surface area contributed by atoms with Gasteiger partial charge in [-0.25, -0.2) is 4.79 Å². The Bertz CT molecular complexity index is 570. The molecule has 2 aliphatic heterocycles. The summed E-state index contributed by atoms with van der Waals surface area (Å²) in [5, 5.41) is 4.79. The van der Waals surface area contributed by atoms with E-state index in [9.17, 15) is 4.79 Å². The van der Waals surface area contributed by atoms with Crippen LogP contribution < -0.4 is 0 Å². The summed E-state index contributed by atoms with van der Waals surface area (Å²) in [4.78, 5) is 18.8. The lowest BCUT2D eigenvalue weighted by Gasteiger charge is -2.38. The van der Waals surface area contributed by atoms with E-state index in [-0.39, 0.29) is 6.03 Å². The quantitative estimate of drug-likeness (QED) is 0.833. The number of nitrogens with zero attached hydrogens (tertiary/aromatic N) is 5. The van der Waals surface area contributed by atoms with Crippen LogP contribution in [0, 0.1) is 0 Å². The highest BCUT2D eigenvalue weighted by atomic mass is 16.5. The molecule has 3 aliphatic rings.